The molecule has 7 nitrogen and oxygen atoms in total. The molecule has 4 amide bonds. The number of nitrogens with zero attached hydrogens (tertiary/aromatic N) is 2. The second kappa shape index (κ2) is 8.44. The van der Waals surface area contributed by atoms with E-state index in [4.69, 9.17) is 5.73 Å². The molecule has 24 heavy (non-hydrogen) atoms. The number of nitrogens with two attached hydrogens (primary N) is 1. The van der Waals surface area contributed by atoms with Crippen LogP contribution in [-0.4, -0.2) is 60.4 Å². The molecule has 1 fully saturated rings. The maximum Gasteiger partial charge on any atom is 0.318 e. The number of rotatable bonds is 4. The van der Waals surface area contributed by atoms with Crippen molar-refractivity contribution < 1.29 is 14.4 Å². The van der Waals surface area contributed by atoms with Gasteiger partial charge in [-0.05, 0) is 32.0 Å². The smallest absolute Gasteiger partial charge is 0.318 e. The Morgan fingerprint density at radius 1 is 1.17 bits per heavy atom. The van der Waals surface area contributed by atoms with Gasteiger partial charge in [0.05, 0.1) is 0 Å². The summed E-state index contributed by atoms with van der Waals surface area (Å²) in [7, 11) is 0. The number of benzene rings is 1. The molecule has 1 aromatic carbocycles. The Bertz CT molecular complexity index is 618. The summed E-state index contributed by atoms with van der Waals surface area (Å²) in [6.45, 7) is 5.38. The van der Waals surface area contributed by atoms with Gasteiger partial charge in [-0.3, -0.25) is 14.9 Å². The third-order valence-corrected chi connectivity index (χ3v) is 4.06. The first-order chi connectivity index (χ1) is 11.5. The van der Waals surface area contributed by atoms with Gasteiger partial charge in [0.2, 0.25) is 5.91 Å². The molecule has 0 atom stereocenters. The number of hydrogen-bond donors (Lipinski definition) is 2. The van der Waals surface area contributed by atoms with Crippen LogP contribution in [0.4, 0.5) is 4.79 Å². The van der Waals surface area contributed by atoms with Crippen LogP contribution in [0.5, 0.6) is 0 Å². The van der Waals surface area contributed by atoms with Gasteiger partial charge in [-0.25, -0.2) is 4.79 Å². The van der Waals surface area contributed by atoms with Gasteiger partial charge in [0.15, 0.2) is 0 Å². The van der Waals surface area contributed by atoms with Crippen molar-refractivity contribution in [2.75, 3.05) is 32.7 Å². The summed E-state index contributed by atoms with van der Waals surface area (Å²) in [5, 5.41) is 2.06. The predicted octanol–water partition coefficient (Wildman–Crippen LogP) is 0.728. The van der Waals surface area contributed by atoms with Gasteiger partial charge < -0.3 is 15.5 Å². The van der Waals surface area contributed by atoms with Crippen LogP contribution in [-0.2, 0) is 4.79 Å². The number of urea groups is 1. The first-order valence-corrected chi connectivity index (χ1v) is 8.13. The largest absolute Gasteiger partial charge is 0.351 e. The van der Waals surface area contributed by atoms with Crippen molar-refractivity contribution in [3.05, 3.63) is 35.4 Å². The van der Waals surface area contributed by atoms with Gasteiger partial charge in [0.25, 0.3) is 5.91 Å². The molecule has 0 spiro atoms. The molecule has 0 bridgehead atoms. The number of hydrogen-bond acceptors (Lipinski definition) is 4. The number of nitrogens with one attached hydrogen (secondary N) is 1. The third-order valence-electron chi connectivity index (χ3n) is 4.06. The number of amides is 4. The number of carbonyl (C=O) groups is 3. The van der Waals surface area contributed by atoms with Crippen molar-refractivity contribution in [3.63, 3.8) is 0 Å². The van der Waals surface area contributed by atoms with Crippen LogP contribution in [0.3, 0.4) is 0 Å². The van der Waals surface area contributed by atoms with Gasteiger partial charge in [-0.2, -0.15) is 0 Å². The molecule has 2 rings (SSSR count). The van der Waals surface area contributed by atoms with Crippen LogP contribution in [0.15, 0.2) is 24.3 Å². The van der Waals surface area contributed by atoms with Crippen LogP contribution in [0.25, 0.3) is 0 Å². The van der Waals surface area contributed by atoms with Crippen molar-refractivity contribution in [2.45, 2.75) is 19.8 Å². The van der Waals surface area contributed by atoms with E-state index in [1.165, 1.54) is 0 Å². The summed E-state index contributed by atoms with van der Waals surface area (Å²) < 4.78 is 0. The number of imide groups is 1. The lowest BCUT2D eigenvalue weighted by atomic mass is 10.1. The fourth-order valence-electron chi connectivity index (χ4n) is 2.82. The summed E-state index contributed by atoms with van der Waals surface area (Å²) >= 11 is 0. The normalized spacial score (nSPS) is 15.6. The number of carbonyl (C=O) groups excluding carboxylic acids is 3. The van der Waals surface area contributed by atoms with Crippen LogP contribution in [0.1, 0.15) is 28.8 Å². The molecule has 0 radical (unpaired) electrons. The molecule has 0 unspecified atom stereocenters. The maximum absolute atomic E-state index is 12.6. The molecule has 130 valence electrons. The van der Waals surface area contributed by atoms with E-state index in [0.717, 1.165) is 18.5 Å². The first-order valence-electron chi connectivity index (χ1n) is 8.13. The Labute approximate surface area is 141 Å². The fourth-order valence-corrected chi connectivity index (χ4v) is 2.82. The van der Waals surface area contributed by atoms with Crippen LogP contribution in [0, 0.1) is 6.92 Å². The number of aryl methyl sites for hydroxylation is 1. The van der Waals surface area contributed by atoms with E-state index in [-0.39, 0.29) is 18.2 Å². The van der Waals surface area contributed by atoms with Crippen LogP contribution in [0.2, 0.25) is 0 Å². The molecular formula is C17H24N4O3. The predicted molar refractivity (Wildman–Crippen MR) is 90.5 cm³/mol. The molecule has 1 heterocycles. The number of primary amides is 1. The van der Waals surface area contributed by atoms with E-state index in [1.54, 1.807) is 0 Å². The quantitative estimate of drug-likeness (QED) is 0.849. The zero-order valence-corrected chi connectivity index (χ0v) is 14.0. The third kappa shape index (κ3) is 5.34. The Morgan fingerprint density at radius 3 is 2.67 bits per heavy atom. The standard InChI is InChI=1S/C17H24N4O3/c1-13-4-2-5-14(12-13)16(23)21-8-3-7-20(10-11-21)9-6-15(22)19-17(18)24/h2,4-5,12H,3,6-11H2,1H3,(H3,18,19,22,24). The second-order valence-electron chi connectivity index (χ2n) is 6.02. The SMILES string of the molecule is Cc1cccc(C(=O)N2CCCN(CCC(=O)NC(N)=O)CC2)c1. The Balaban J connectivity index is 1.85. The van der Waals surface area contributed by atoms with Gasteiger partial charge in [-0.15, -0.1) is 0 Å². The minimum absolute atomic E-state index is 0.0482. The lowest BCUT2D eigenvalue weighted by Crippen LogP contribution is -2.38. The zero-order valence-electron chi connectivity index (χ0n) is 14.0. The molecular weight excluding hydrogens is 308 g/mol. The zero-order chi connectivity index (χ0) is 17.5. The average molecular weight is 332 g/mol. The molecule has 1 saturated heterocycles. The summed E-state index contributed by atoms with van der Waals surface area (Å²) in [5.41, 5.74) is 6.70. The van der Waals surface area contributed by atoms with Crippen molar-refractivity contribution in [1.29, 1.82) is 0 Å². The van der Waals surface area contributed by atoms with Crippen LogP contribution >= 0.6 is 0 Å². The maximum atomic E-state index is 12.6. The highest BCUT2D eigenvalue weighted by Gasteiger charge is 2.20. The molecule has 0 aliphatic carbocycles. The first kappa shape index (κ1) is 17.9. The van der Waals surface area contributed by atoms with Crippen molar-refractivity contribution >= 4 is 17.8 Å². The van der Waals surface area contributed by atoms with E-state index in [9.17, 15) is 14.4 Å². The summed E-state index contributed by atoms with van der Waals surface area (Å²) in [5.74, 6) is -0.327. The highest BCUT2D eigenvalue weighted by molar-refractivity contribution is 5.94. The monoisotopic (exact) mass is 332 g/mol. The molecule has 7 heteroatoms. The lowest BCUT2D eigenvalue weighted by Gasteiger charge is -2.22. The Kier molecular flexibility index (Phi) is 6.31. The second-order valence-corrected chi connectivity index (χ2v) is 6.02. The van der Waals surface area contributed by atoms with Crippen molar-refractivity contribution in [2.24, 2.45) is 5.73 Å². The summed E-state index contributed by atoms with van der Waals surface area (Å²) in [6, 6.07) is 6.78. The Morgan fingerprint density at radius 2 is 1.96 bits per heavy atom. The minimum Gasteiger partial charge on any atom is -0.351 e. The molecule has 0 aromatic heterocycles. The average Bonchev–Trinajstić information content (AvgIpc) is 2.77. The summed E-state index contributed by atoms with van der Waals surface area (Å²) in [6.07, 6.45) is 1.07. The topological polar surface area (TPSA) is 95.7 Å². The molecule has 0 saturated carbocycles. The molecule has 3 N–H and O–H groups in total. The molecule has 1 aliphatic heterocycles. The highest BCUT2D eigenvalue weighted by Crippen LogP contribution is 2.11. The van der Waals surface area contributed by atoms with E-state index in [1.807, 2.05) is 36.1 Å². The van der Waals surface area contributed by atoms with E-state index in [2.05, 4.69) is 10.2 Å². The molecule has 1 aromatic rings. The van der Waals surface area contributed by atoms with Gasteiger partial charge in [-0.1, -0.05) is 17.7 Å². The van der Waals surface area contributed by atoms with Crippen molar-refractivity contribution in [3.8, 4) is 0 Å². The van der Waals surface area contributed by atoms with Gasteiger partial charge >= 0.3 is 6.03 Å². The van der Waals surface area contributed by atoms with Gasteiger partial charge in [0.1, 0.15) is 0 Å². The molecule has 1 aliphatic rings. The fraction of sp³-hybridized carbons (Fsp3) is 0.471. The minimum atomic E-state index is -0.828. The highest BCUT2D eigenvalue weighted by atomic mass is 16.2. The lowest BCUT2D eigenvalue weighted by molar-refractivity contribution is -0.120. The van der Waals surface area contributed by atoms with Gasteiger partial charge in [0, 0.05) is 38.2 Å². The van der Waals surface area contributed by atoms with Crippen molar-refractivity contribution in [1.82, 2.24) is 15.1 Å². The van der Waals surface area contributed by atoms with E-state index in [0.29, 0.717) is 31.7 Å². The summed E-state index contributed by atoms with van der Waals surface area (Å²) in [4.78, 5) is 38.7. The van der Waals surface area contributed by atoms with E-state index < -0.39 is 6.03 Å². The Hall–Kier alpha value is -2.41. The van der Waals surface area contributed by atoms with Crippen LogP contribution < -0.4 is 11.1 Å². The van der Waals surface area contributed by atoms with E-state index >= 15 is 0 Å².